The molecule has 1 aromatic heterocycles. The molecule has 27 heavy (non-hydrogen) atoms. The standard InChI is InChI=1S/C20H17N3O3S/c1-26-18-10-8-15(9-11-18)20-16(12-19(13-21)27(2,24)25)14-23(22-20)17-6-4-3-5-7-17/h3-12,14H,1-2H3/b19-12+. The molecule has 0 aliphatic rings. The normalized spacial score (nSPS) is 11.8. The van der Waals surface area contributed by atoms with Gasteiger partial charge in [0.15, 0.2) is 9.84 Å². The molecule has 0 radical (unpaired) electrons. The smallest absolute Gasteiger partial charge is 0.185 e. The Balaban J connectivity index is 2.19. The first-order chi connectivity index (χ1) is 12.9. The van der Waals surface area contributed by atoms with Crippen LogP contribution < -0.4 is 4.74 Å². The van der Waals surface area contributed by atoms with Crippen LogP contribution in [0.5, 0.6) is 5.75 Å². The average molecular weight is 379 g/mol. The number of hydrogen-bond donors (Lipinski definition) is 0. The number of allylic oxidation sites excluding steroid dienone is 1. The number of benzene rings is 2. The molecule has 0 atom stereocenters. The Morgan fingerprint density at radius 2 is 1.81 bits per heavy atom. The van der Waals surface area contributed by atoms with Crippen LogP contribution in [0, 0.1) is 11.3 Å². The summed E-state index contributed by atoms with van der Waals surface area (Å²) in [5.41, 5.74) is 2.70. The van der Waals surface area contributed by atoms with Gasteiger partial charge in [0.2, 0.25) is 0 Å². The molecule has 136 valence electrons. The van der Waals surface area contributed by atoms with Crippen molar-refractivity contribution in [2.45, 2.75) is 0 Å². The van der Waals surface area contributed by atoms with Crippen molar-refractivity contribution < 1.29 is 13.2 Å². The second-order valence-corrected chi connectivity index (χ2v) is 7.82. The molecule has 0 aliphatic heterocycles. The van der Waals surface area contributed by atoms with Gasteiger partial charge < -0.3 is 4.74 Å². The second kappa shape index (κ2) is 7.48. The second-order valence-electron chi connectivity index (χ2n) is 5.83. The molecule has 0 unspecified atom stereocenters. The number of hydrogen-bond acceptors (Lipinski definition) is 5. The van der Waals surface area contributed by atoms with E-state index in [1.165, 1.54) is 6.08 Å². The number of para-hydroxylation sites is 1. The summed E-state index contributed by atoms with van der Waals surface area (Å²) < 4.78 is 30.5. The predicted octanol–water partition coefficient (Wildman–Crippen LogP) is 3.46. The molecule has 0 saturated carbocycles. The van der Waals surface area contributed by atoms with Crippen LogP contribution in [-0.2, 0) is 9.84 Å². The van der Waals surface area contributed by atoms with Crippen LogP contribution in [0.25, 0.3) is 23.0 Å². The maximum atomic E-state index is 11.8. The molecule has 0 N–H and O–H groups in total. The summed E-state index contributed by atoms with van der Waals surface area (Å²) in [5.74, 6) is 0.701. The van der Waals surface area contributed by atoms with Crippen molar-refractivity contribution in [3.05, 3.63) is 71.3 Å². The number of ether oxygens (including phenoxy) is 1. The third-order valence-corrected chi connectivity index (χ3v) is 4.93. The number of aromatic nitrogens is 2. The van der Waals surface area contributed by atoms with E-state index in [9.17, 15) is 13.7 Å². The van der Waals surface area contributed by atoms with Crippen molar-refractivity contribution in [3.63, 3.8) is 0 Å². The van der Waals surface area contributed by atoms with Crippen LogP contribution in [0.4, 0.5) is 0 Å². The number of sulfone groups is 1. The number of methoxy groups -OCH3 is 1. The molecule has 6 nitrogen and oxygen atoms in total. The zero-order chi connectivity index (χ0) is 19.4. The molecule has 2 aromatic carbocycles. The summed E-state index contributed by atoms with van der Waals surface area (Å²) in [7, 11) is -2.05. The van der Waals surface area contributed by atoms with Gasteiger partial charge in [-0.15, -0.1) is 0 Å². The monoisotopic (exact) mass is 379 g/mol. The lowest BCUT2D eigenvalue weighted by atomic mass is 10.1. The molecule has 3 aromatic rings. The lowest BCUT2D eigenvalue weighted by molar-refractivity contribution is 0.415. The Morgan fingerprint density at radius 3 is 2.37 bits per heavy atom. The minimum absolute atomic E-state index is 0.315. The van der Waals surface area contributed by atoms with Crippen molar-refractivity contribution in [2.75, 3.05) is 13.4 Å². The van der Waals surface area contributed by atoms with E-state index in [-0.39, 0.29) is 4.91 Å². The SMILES string of the molecule is COc1ccc(-c2nn(-c3ccccc3)cc2/C=C(\C#N)S(C)(=O)=O)cc1. The summed E-state index contributed by atoms with van der Waals surface area (Å²) in [6, 6.07) is 18.5. The fourth-order valence-electron chi connectivity index (χ4n) is 2.54. The van der Waals surface area contributed by atoms with Gasteiger partial charge >= 0.3 is 0 Å². The lowest BCUT2D eigenvalue weighted by Gasteiger charge is -2.03. The van der Waals surface area contributed by atoms with E-state index in [0.717, 1.165) is 17.5 Å². The van der Waals surface area contributed by atoms with Gasteiger partial charge in [-0.3, -0.25) is 0 Å². The van der Waals surface area contributed by atoms with Crippen molar-refractivity contribution in [3.8, 4) is 28.8 Å². The molecular formula is C20H17N3O3S. The Bertz CT molecular complexity index is 1120. The van der Waals surface area contributed by atoms with Gasteiger partial charge in [0.1, 0.15) is 22.4 Å². The van der Waals surface area contributed by atoms with Crippen LogP contribution in [-0.4, -0.2) is 31.6 Å². The van der Waals surface area contributed by atoms with E-state index in [2.05, 4.69) is 5.10 Å². The first kappa shape index (κ1) is 18.4. The van der Waals surface area contributed by atoms with Crippen molar-refractivity contribution in [1.82, 2.24) is 9.78 Å². The third kappa shape index (κ3) is 4.07. The quantitative estimate of drug-likeness (QED) is 0.634. The van der Waals surface area contributed by atoms with Crippen molar-refractivity contribution >= 4 is 15.9 Å². The van der Waals surface area contributed by atoms with Crippen LogP contribution >= 0.6 is 0 Å². The number of nitrogens with zero attached hydrogens (tertiary/aromatic N) is 3. The van der Waals surface area contributed by atoms with Gasteiger partial charge in [0.25, 0.3) is 0 Å². The van der Waals surface area contributed by atoms with E-state index in [1.807, 2.05) is 42.5 Å². The van der Waals surface area contributed by atoms with E-state index < -0.39 is 9.84 Å². The summed E-state index contributed by atoms with van der Waals surface area (Å²) in [6.07, 6.45) is 4.06. The lowest BCUT2D eigenvalue weighted by Crippen LogP contribution is -1.98. The van der Waals surface area contributed by atoms with Gasteiger partial charge in [-0.25, -0.2) is 13.1 Å². The summed E-state index contributed by atoms with van der Waals surface area (Å²) >= 11 is 0. The van der Waals surface area contributed by atoms with Gasteiger partial charge in [0.05, 0.1) is 12.8 Å². The molecular weight excluding hydrogens is 362 g/mol. The summed E-state index contributed by atoms with van der Waals surface area (Å²) in [5, 5.41) is 13.8. The highest BCUT2D eigenvalue weighted by Gasteiger charge is 2.16. The molecule has 0 spiro atoms. The highest BCUT2D eigenvalue weighted by atomic mass is 32.2. The van der Waals surface area contributed by atoms with Gasteiger partial charge in [-0.1, -0.05) is 18.2 Å². The van der Waals surface area contributed by atoms with Crippen LogP contribution in [0.1, 0.15) is 5.56 Å². The Labute approximate surface area is 157 Å². The van der Waals surface area contributed by atoms with Crippen LogP contribution in [0.2, 0.25) is 0 Å². The van der Waals surface area contributed by atoms with E-state index in [1.54, 1.807) is 36.2 Å². The van der Waals surface area contributed by atoms with Gasteiger partial charge in [-0.05, 0) is 42.5 Å². The van der Waals surface area contributed by atoms with Crippen molar-refractivity contribution in [1.29, 1.82) is 5.26 Å². The third-order valence-electron chi connectivity index (χ3n) is 3.92. The first-order valence-corrected chi connectivity index (χ1v) is 9.93. The van der Waals surface area contributed by atoms with Gasteiger partial charge in [-0.2, -0.15) is 10.4 Å². The van der Waals surface area contributed by atoms with Crippen LogP contribution in [0.15, 0.2) is 65.7 Å². The molecule has 0 bridgehead atoms. The van der Waals surface area contributed by atoms with Crippen molar-refractivity contribution in [2.24, 2.45) is 0 Å². The molecule has 0 saturated heterocycles. The first-order valence-electron chi connectivity index (χ1n) is 8.04. The predicted molar refractivity (Wildman–Crippen MR) is 104 cm³/mol. The Hall–Kier alpha value is -3.37. The minimum atomic E-state index is -3.64. The van der Waals surface area contributed by atoms with E-state index in [4.69, 9.17) is 4.74 Å². The minimum Gasteiger partial charge on any atom is -0.497 e. The summed E-state index contributed by atoms with van der Waals surface area (Å²) in [6.45, 7) is 0. The molecule has 7 heteroatoms. The maximum Gasteiger partial charge on any atom is 0.185 e. The molecule has 0 fully saturated rings. The highest BCUT2D eigenvalue weighted by Crippen LogP contribution is 2.28. The Morgan fingerprint density at radius 1 is 1.15 bits per heavy atom. The molecule has 0 aliphatic carbocycles. The average Bonchev–Trinajstić information content (AvgIpc) is 3.10. The van der Waals surface area contributed by atoms with Crippen LogP contribution in [0.3, 0.4) is 0 Å². The molecule has 0 amide bonds. The number of nitriles is 1. The fraction of sp³-hybridized carbons (Fsp3) is 0.100. The fourth-order valence-corrected chi connectivity index (χ4v) is 3.05. The van der Waals surface area contributed by atoms with Gasteiger partial charge in [0, 0.05) is 23.6 Å². The summed E-state index contributed by atoms with van der Waals surface area (Å²) in [4.78, 5) is -0.315. The maximum absolute atomic E-state index is 11.8. The molecule has 1 heterocycles. The number of rotatable bonds is 5. The largest absolute Gasteiger partial charge is 0.497 e. The van der Waals surface area contributed by atoms with E-state index in [0.29, 0.717) is 17.0 Å². The zero-order valence-electron chi connectivity index (χ0n) is 14.8. The Kier molecular flexibility index (Phi) is 5.10. The van der Waals surface area contributed by atoms with E-state index >= 15 is 0 Å². The topological polar surface area (TPSA) is 85.0 Å². The highest BCUT2D eigenvalue weighted by molar-refractivity contribution is 7.95. The zero-order valence-corrected chi connectivity index (χ0v) is 15.6. The molecule has 3 rings (SSSR count).